The fraction of sp³-hybridized carbons (Fsp3) is 0.571. The third-order valence-corrected chi connectivity index (χ3v) is 3.76. The van der Waals surface area contributed by atoms with E-state index in [1.165, 1.54) is 0 Å². The van der Waals surface area contributed by atoms with Crippen LogP contribution in [0.2, 0.25) is 0 Å². The Morgan fingerprint density at radius 1 is 1.11 bits per heavy atom. The van der Waals surface area contributed by atoms with E-state index in [0.717, 1.165) is 5.56 Å². The molecule has 0 spiro atoms. The summed E-state index contributed by atoms with van der Waals surface area (Å²) in [6.45, 7) is 0. The first-order chi connectivity index (χ1) is 8.39. The highest BCUT2D eigenvalue weighted by atomic mass is 19.4. The third kappa shape index (κ3) is 3.25. The van der Waals surface area contributed by atoms with Gasteiger partial charge in [-0.1, -0.05) is 30.3 Å². The average molecular weight is 258 g/mol. The summed E-state index contributed by atoms with van der Waals surface area (Å²) in [5, 5.41) is 10.3. The minimum absolute atomic E-state index is 0.0346. The van der Waals surface area contributed by atoms with Crippen molar-refractivity contribution in [3.63, 3.8) is 0 Å². The van der Waals surface area contributed by atoms with E-state index in [-0.39, 0.29) is 25.7 Å². The number of hydrogen-bond acceptors (Lipinski definition) is 1. The molecule has 0 aliphatic heterocycles. The molecule has 1 aromatic rings. The molecule has 4 heteroatoms. The van der Waals surface area contributed by atoms with E-state index >= 15 is 0 Å². The van der Waals surface area contributed by atoms with Gasteiger partial charge in [-0.15, -0.1) is 0 Å². The van der Waals surface area contributed by atoms with Crippen LogP contribution in [-0.2, 0) is 6.42 Å². The Hall–Kier alpha value is -1.03. The third-order valence-electron chi connectivity index (χ3n) is 3.76. The van der Waals surface area contributed by atoms with Gasteiger partial charge in [0, 0.05) is 6.42 Å². The lowest BCUT2D eigenvalue weighted by atomic mass is 9.75. The molecule has 1 saturated carbocycles. The maximum atomic E-state index is 12.5. The zero-order valence-electron chi connectivity index (χ0n) is 10.1. The molecule has 1 aliphatic carbocycles. The molecule has 0 atom stereocenters. The summed E-state index contributed by atoms with van der Waals surface area (Å²) < 4.78 is 37.6. The number of alkyl halides is 3. The van der Waals surface area contributed by atoms with Crippen molar-refractivity contribution in [3.8, 4) is 0 Å². The maximum Gasteiger partial charge on any atom is 0.391 e. The zero-order chi connectivity index (χ0) is 13.2. The van der Waals surface area contributed by atoms with Gasteiger partial charge in [-0.25, -0.2) is 0 Å². The van der Waals surface area contributed by atoms with Gasteiger partial charge in [-0.05, 0) is 31.2 Å². The van der Waals surface area contributed by atoms with E-state index in [4.69, 9.17) is 0 Å². The van der Waals surface area contributed by atoms with Crippen molar-refractivity contribution in [2.45, 2.75) is 43.9 Å². The van der Waals surface area contributed by atoms with Crippen molar-refractivity contribution < 1.29 is 18.3 Å². The molecular weight excluding hydrogens is 241 g/mol. The van der Waals surface area contributed by atoms with Gasteiger partial charge in [0.05, 0.1) is 11.5 Å². The first kappa shape index (κ1) is 13.4. The van der Waals surface area contributed by atoms with Gasteiger partial charge >= 0.3 is 6.18 Å². The first-order valence-corrected chi connectivity index (χ1v) is 6.22. The number of benzene rings is 1. The van der Waals surface area contributed by atoms with Gasteiger partial charge in [0.15, 0.2) is 0 Å². The zero-order valence-corrected chi connectivity index (χ0v) is 10.1. The Morgan fingerprint density at radius 2 is 1.67 bits per heavy atom. The van der Waals surface area contributed by atoms with Crippen LogP contribution in [0.4, 0.5) is 13.2 Å². The summed E-state index contributed by atoms with van der Waals surface area (Å²) in [5.74, 6) is -1.24. The van der Waals surface area contributed by atoms with Crippen LogP contribution in [0.15, 0.2) is 30.3 Å². The highest BCUT2D eigenvalue weighted by Crippen LogP contribution is 2.42. The van der Waals surface area contributed by atoms with Crippen LogP contribution >= 0.6 is 0 Å². The van der Waals surface area contributed by atoms with E-state index in [1.807, 2.05) is 30.3 Å². The van der Waals surface area contributed by atoms with Crippen LogP contribution in [0, 0.1) is 5.92 Å². The van der Waals surface area contributed by atoms with Crippen molar-refractivity contribution in [2.24, 2.45) is 5.92 Å². The summed E-state index contributed by atoms with van der Waals surface area (Å²) in [4.78, 5) is 0. The van der Waals surface area contributed by atoms with E-state index in [2.05, 4.69) is 0 Å². The molecule has 18 heavy (non-hydrogen) atoms. The molecule has 1 N–H and O–H groups in total. The minimum Gasteiger partial charge on any atom is -0.390 e. The lowest BCUT2D eigenvalue weighted by molar-refractivity contribution is -0.192. The molecule has 0 radical (unpaired) electrons. The Kier molecular flexibility index (Phi) is 3.66. The summed E-state index contributed by atoms with van der Waals surface area (Å²) >= 11 is 0. The Balaban J connectivity index is 1.95. The van der Waals surface area contributed by atoms with E-state index in [1.54, 1.807) is 0 Å². The van der Waals surface area contributed by atoms with Crippen LogP contribution in [0.5, 0.6) is 0 Å². The van der Waals surface area contributed by atoms with Crippen LogP contribution in [0.3, 0.4) is 0 Å². The fourth-order valence-corrected chi connectivity index (χ4v) is 2.64. The van der Waals surface area contributed by atoms with Crippen molar-refractivity contribution >= 4 is 0 Å². The Morgan fingerprint density at radius 3 is 2.17 bits per heavy atom. The van der Waals surface area contributed by atoms with E-state index < -0.39 is 17.7 Å². The Labute approximate surface area is 105 Å². The molecule has 2 rings (SSSR count). The van der Waals surface area contributed by atoms with Gasteiger partial charge in [0.1, 0.15) is 0 Å². The second-order valence-electron chi connectivity index (χ2n) is 5.20. The molecule has 0 amide bonds. The number of halogens is 3. The maximum absolute atomic E-state index is 12.5. The summed E-state index contributed by atoms with van der Waals surface area (Å²) in [6.07, 6.45) is -3.15. The van der Waals surface area contributed by atoms with Gasteiger partial charge < -0.3 is 5.11 Å². The fourth-order valence-electron chi connectivity index (χ4n) is 2.64. The summed E-state index contributed by atoms with van der Waals surface area (Å²) in [5.41, 5.74) is 0.00813. The predicted octanol–water partition coefficient (Wildman–Crippen LogP) is 3.71. The molecule has 1 fully saturated rings. The summed E-state index contributed by atoms with van der Waals surface area (Å²) in [6, 6.07) is 9.43. The molecule has 0 heterocycles. The molecule has 1 nitrogen and oxygen atoms in total. The van der Waals surface area contributed by atoms with Crippen molar-refractivity contribution in [1.82, 2.24) is 0 Å². The minimum atomic E-state index is -4.12. The van der Waals surface area contributed by atoms with Gasteiger partial charge in [-0.3, -0.25) is 0 Å². The van der Waals surface area contributed by atoms with Crippen molar-refractivity contribution in [1.29, 1.82) is 0 Å². The topological polar surface area (TPSA) is 20.2 Å². The first-order valence-electron chi connectivity index (χ1n) is 6.22. The quantitative estimate of drug-likeness (QED) is 0.857. The molecule has 0 bridgehead atoms. The van der Waals surface area contributed by atoms with Gasteiger partial charge in [0.2, 0.25) is 0 Å². The second-order valence-corrected chi connectivity index (χ2v) is 5.20. The highest BCUT2D eigenvalue weighted by Gasteiger charge is 2.45. The van der Waals surface area contributed by atoms with Crippen molar-refractivity contribution in [3.05, 3.63) is 35.9 Å². The molecule has 1 aliphatic rings. The van der Waals surface area contributed by atoms with Crippen LogP contribution in [0.1, 0.15) is 31.2 Å². The molecule has 1 aromatic carbocycles. The average Bonchev–Trinajstić information content (AvgIpc) is 2.29. The normalized spacial score (nSPS) is 29.2. The van der Waals surface area contributed by atoms with Crippen LogP contribution in [0.25, 0.3) is 0 Å². The van der Waals surface area contributed by atoms with Gasteiger partial charge in [0.25, 0.3) is 0 Å². The SMILES string of the molecule is OC1(Cc2ccccc2)CCC(C(F)(F)F)CC1. The van der Waals surface area contributed by atoms with Gasteiger partial charge in [-0.2, -0.15) is 13.2 Å². The smallest absolute Gasteiger partial charge is 0.390 e. The monoisotopic (exact) mass is 258 g/mol. The standard InChI is InChI=1S/C14H17F3O/c15-14(16,17)12-6-8-13(18,9-7-12)10-11-4-2-1-3-5-11/h1-5,12,18H,6-10H2. The van der Waals surface area contributed by atoms with E-state index in [0.29, 0.717) is 6.42 Å². The second kappa shape index (κ2) is 4.92. The van der Waals surface area contributed by atoms with Crippen LogP contribution in [-0.4, -0.2) is 16.9 Å². The number of aliphatic hydroxyl groups is 1. The largest absolute Gasteiger partial charge is 0.391 e. The molecule has 100 valence electrons. The lowest BCUT2D eigenvalue weighted by Crippen LogP contribution is -2.39. The molecule has 0 unspecified atom stereocenters. The number of hydrogen-bond donors (Lipinski definition) is 1. The van der Waals surface area contributed by atoms with Crippen molar-refractivity contribution in [2.75, 3.05) is 0 Å². The summed E-state index contributed by atoms with van der Waals surface area (Å²) in [7, 11) is 0. The molecular formula is C14H17F3O. The number of rotatable bonds is 2. The molecule has 0 saturated heterocycles. The van der Waals surface area contributed by atoms with Crippen LogP contribution < -0.4 is 0 Å². The highest BCUT2D eigenvalue weighted by molar-refractivity contribution is 5.17. The predicted molar refractivity (Wildman–Crippen MR) is 63.1 cm³/mol. The molecule has 0 aromatic heterocycles. The van der Waals surface area contributed by atoms with E-state index in [9.17, 15) is 18.3 Å². The lowest BCUT2D eigenvalue weighted by Gasteiger charge is -2.36. The Bertz CT molecular complexity index is 378.